The molecule has 1 fully saturated rings. The van der Waals surface area contributed by atoms with E-state index < -0.39 is 22.8 Å². The molecule has 1 aromatic carbocycles. The van der Waals surface area contributed by atoms with E-state index in [4.69, 9.17) is 0 Å². The summed E-state index contributed by atoms with van der Waals surface area (Å²) in [6.07, 6.45) is 5.44. The van der Waals surface area contributed by atoms with Crippen molar-refractivity contribution in [3.8, 4) is 0 Å². The number of carbonyl (C=O) groups excluding carboxylic acids is 2. The molecule has 0 aliphatic carbocycles. The minimum atomic E-state index is -0.833. The van der Waals surface area contributed by atoms with Crippen molar-refractivity contribution >= 4 is 23.3 Å². The molecule has 2 rings (SSSR count). The zero-order valence-electron chi connectivity index (χ0n) is 15.2. The number of ether oxygens (including phenoxy) is 1. The van der Waals surface area contributed by atoms with Crippen molar-refractivity contribution in [3.05, 3.63) is 33.9 Å². The van der Waals surface area contributed by atoms with Crippen LogP contribution in [0, 0.1) is 10.1 Å². The SMILES string of the molecule is COC(=O)[C@H](C)NC(=O)c1ccc(N2CCCCCCC2)c([N+](=O)[O-])c1. The third kappa shape index (κ3) is 4.93. The molecule has 0 radical (unpaired) electrons. The fraction of sp³-hybridized carbons (Fsp3) is 0.556. The van der Waals surface area contributed by atoms with E-state index >= 15 is 0 Å². The summed E-state index contributed by atoms with van der Waals surface area (Å²) in [7, 11) is 1.23. The molecule has 0 bridgehead atoms. The lowest BCUT2D eigenvalue weighted by Gasteiger charge is -2.26. The highest BCUT2D eigenvalue weighted by Gasteiger charge is 2.24. The molecule has 1 atom stereocenters. The first-order valence-electron chi connectivity index (χ1n) is 8.86. The number of rotatable bonds is 5. The largest absolute Gasteiger partial charge is 0.467 e. The maximum absolute atomic E-state index is 12.3. The van der Waals surface area contributed by atoms with Crippen molar-refractivity contribution in [1.29, 1.82) is 0 Å². The Bertz CT molecular complexity index is 669. The summed E-state index contributed by atoms with van der Waals surface area (Å²) in [5.74, 6) is -1.13. The third-order valence-corrected chi connectivity index (χ3v) is 4.53. The highest BCUT2D eigenvalue weighted by atomic mass is 16.6. The van der Waals surface area contributed by atoms with Crippen LogP contribution in [0.3, 0.4) is 0 Å². The van der Waals surface area contributed by atoms with Gasteiger partial charge in [-0.2, -0.15) is 0 Å². The fourth-order valence-corrected chi connectivity index (χ4v) is 3.08. The van der Waals surface area contributed by atoms with E-state index in [0.717, 1.165) is 38.8 Å². The van der Waals surface area contributed by atoms with Crippen molar-refractivity contribution in [2.75, 3.05) is 25.1 Å². The molecule has 8 heteroatoms. The van der Waals surface area contributed by atoms with E-state index in [2.05, 4.69) is 10.1 Å². The lowest BCUT2D eigenvalue weighted by atomic mass is 10.1. The third-order valence-electron chi connectivity index (χ3n) is 4.53. The Morgan fingerprint density at radius 1 is 1.19 bits per heavy atom. The van der Waals surface area contributed by atoms with Crippen molar-refractivity contribution in [1.82, 2.24) is 5.32 Å². The standard InChI is InChI=1S/C18H25N3O5/c1-13(18(23)26-2)19-17(22)14-8-9-15(16(12-14)21(24)25)20-10-6-4-3-5-7-11-20/h8-9,12-13H,3-7,10-11H2,1-2H3,(H,19,22)/t13-/m0/s1. The van der Waals surface area contributed by atoms with Gasteiger partial charge in [0.25, 0.3) is 11.6 Å². The number of nitro benzene ring substituents is 1. The van der Waals surface area contributed by atoms with Gasteiger partial charge in [-0.3, -0.25) is 14.9 Å². The highest BCUT2D eigenvalue weighted by molar-refractivity contribution is 5.98. The Morgan fingerprint density at radius 3 is 2.38 bits per heavy atom. The van der Waals surface area contributed by atoms with E-state index in [9.17, 15) is 19.7 Å². The predicted octanol–water partition coefficient (Wildman–Crippen LogP) is 2.66. The van der Waals surface area contributed by atoms with Gasteiger partial charge in [-0.15, -0.1) is 0 Å². The van der Waals surface area contributed by atoms with Gasteiger partial charge >= 0.3 is 5.97 Å². The quantitative estimate of drug-likeness (QED) is 0.490. The molecule has 26 heavy (non-hydrogen) atoms. The number of methoxy groups -OCH3 is 1. The number of esters is 1. The van der Waals surface area contributed by atoms with Crippen LogP contribution in [0.4, 0.5) is 11.4 Å². The number of anilines is 1. The van der Waals surface area contributed by atoms with Crippen molar-refractivity contribution in [2.24, 2.45) is 0 Å². The number of hydrogen-bond acceptors (Lipinski definition) is 6. The van der Waals surface area contributed by atoms with Gasteiger partial charge in [0.15, 0.2) is 0 Å². The Balaban J connectivity index is 2.23. The second-order valence-electron chi connectivity index (χ2n) is 6.43. The van der Waals surface area contributed by atoms with E-state index in [-0.39, 0.29) is 11.3 Å². The summed E-state index contributed by atoms with van der Waals surface area (Å²) in [6.45, 7) is 3.03. The van der Waals surface area contributed by atoms with Gasteiger partial charge < -0.3 is 15.0 Å². The summed E-state index contributed by atoms with van der Waals surface area (Å²) in [5.41, 5.74) is 0.585. The Kier molecular flexibility index (Phi) is 6.94. The first-order valence-corrected chi connectivity index (χ1v) is 8.86. The van der Waals surface area contributed by atoms with Crippen molar-refractivity contribution in [2.45, 2.75) is 45.1 Å². The van der Waals surface area contributed by atoms with Crippen LogP contribution in [-0.2, 0) is 9.53 Å². The molecule has 1 aromatic rings. The average molecular weight is 363 g/mol. The topological polar surface area (TPSA) is 102 Å². The number of nitrogens with one attached hydrogen (secondary N) is 1. The summed E-state index contributed by atoms with van der Waals surface area (Å²) >= 11 is 0. The Morgan fingerprint density at radius 2 is 1.81 bits per heavy atom. The number of hydrogen-bond donors (Lipinski definition) is 1. The molecule has 1 N–H and O–H groups in total. The zero-order chi connectivity index (χ0) is 19.1. The molecule has 1 amide bonds. The van der Waals surface area contributed by atoms with Gasteiger partial charge in [-0.05, 0) is 31.9 Å². The zero-order valence-corrected chi connectivity index (χ0v) is 15.2. The maximum Gasteiger partial charge on any atom is 0.328 e. The van der Waals surface area contributed by atoms with Gasteiger partial charge in [0.1, 0.15) is 11.7 Å². The van der Waals surface area contributed by atoms with Gasteiger partial charge in [0.05, 0.1) is 12.0 Å². The normalized spacial score (nSPS) is 16.2. The highest BCUT2D eigenvalue weighted by Crippen LogP contribution is 2.31. The number of nitrogens with zero attached hydrogens (tertiary/aromatic N) is 2. The van der Waals surface area contributed by atoms with Crippen LogP contribution in [0.5, 0.6) is 0 Å². The van der Waals surface area contributed by atoms with E-state index in [1.807, 2.05) is 4.90 Å². The van der Waals surface area contributed by atoms with Crippen LogP contribution in [0.15, 0.2) is 18.2 Å². The van der Waals surface area contributed by atoms with Gasteiger partial charge in [-0.25, -0.2) is 4.79 Å². The molecule has 1 heterocycles. The Hall–Kier alpha value is -2.64. The summed E-state index contributed by atoms with van der Waals surface area (Å²) in [6, 6.07) is 3.62. The van der Waals surface area contributed by atoms with E-state index in [1.54, 1.807) is 12.1 Å². The average Bonchev–Trinajstić information content (AvgIpc) is 2.60. The second kappa shape index (κ2) is 9.17. The van der Waals surface area contributed by atoms with E-state index in [0.29, 0.717) is 5.69 Å². The summed E-state index contributed by atoms with van der Waals surface area (Å²) < 4.78 is 4.56. The molecule has 142 valence electrons. The van der Waals surface area contributed by atoms with Crippen molar-refractivity contribution in [3.63, 3.8) is 0 Å². The minimum absolute atomic E-state index is 0.0936. The lowest BCUT2D eigenvalue weighted by molar-refractivity contribution is -0.384. The maximum atomic E-state index is 12.3. The van der Waals surface area contributed by atoms with Crippen LogP contribution >= 0.6 is 0 Å². The molecule has 1 saturated heterocycles. The van der Waals surface area contributed by atoms with Gasteiger partial charge in [0.2, 0.25) is 0 Å². The molecule has 0 unspecified atom stereocenters. The monoisotopic (exact) mass is 363 g/mol. The number of amides is 1. The predicted molar refractivity (Wildman–Crippen MR) is 97.3 cm³/mol. The van der Waals surface area contributed by atoms with Crippen LogP contribution < -0.4 is 10.2 Å². The molecule has 0 saturated carbocycles. The lowest BCUT2D eigenvalue weighted by Crippen LogP contribution is -2.39. The molecular weight excluding hydrogens is 338 g/mol. The number of nitro groups is 1. The summed E-state index contributed by atoms with van der Waals surface area (Å²) in [4.78, 5) is 36.8. The number of benzene rings is 1. The van der Waals surface area contributed by atoms with Crippen molar-refractivity contribution < 1.29 is 19.2 Å². The molecule has 1 aliphatic rings. The van der Waals surface area contributed by atoms with Gasteiger partial charge in [0, 0.05) is 24.7 Å². The number of carbonyl (C=O) groups is 2. The van der Waals surface area contributed by atoms with Crippen LogP contribution in [0.2, 0.25) is 0 Å². The molecule has 0 aromatic heterocycles. The molecule has 0 spiro atoms. The van der Waals surface area contributed by atoms with Crippen LogP contribution in [-0.4, -0.2) is 43.0 Å². The fourth-order valence-electron chi connectivity index (χ4n) is 3.08. The molecule has 8 nitrogen and oxygen atoms in total. The first-order chi connectivity index (χ1) is 12.4. The Labute approximate surface area is 152 Å². The molecular formula is C18H25N3O5. The van der Waals surface area contributed by atoms with Crippen LogP contribution in [0.1, 0.15) is 49.4 Å². The van der Waals surface area contributed by atoms with Gasteiger partial charge in [-0.1, -0.05) is 19.3 Å². The summed E-state index contributed by atoms with van der Waals surface area (Å²) in [5, 5.41) is 14.0. The first kappa shape index (κ1) is 19.7. The van der Waals surface area contributed by atoms with E-state index in [1.165, 1.54) is 26.5 Å². The second-order valence-corrected chi connectivity index (χ2v) is 6.43. The minimum Gasteiger partial charge on any atom is -0.467 e. The van der Waals surface area contributed by atoms with Crippen LogP contribution in [0.25, 0.3) is 0 Å². The molecule has 1 aliphatic heterocycles. The smallest absolute Gasteiger partial charge is 0.328 e.